The van der Waals surface area contributed by atoms with E-state index in [9.17, 15) is 4.79 Å². The number of carbonyl (C=O) groups excluding carboxylic acids is 1. The largest absolute Gasteiger partial charge is 0.466 e. The summed E-state index contributed by atoms with van der Waals surface area (Å²) in [7, 11) is 2.28. The number of carbonyl (C=O) groups is 1. The van der Waals surface area contributed by atoms with Crippen LogP contribution in [-0.2, 0) is 22.5 Å². The highest BCUT2D eigenvalue weighted by Crippen LogP contribution is 2.47. The Hall–Kier alpha value is -2.66. The fourth-order valence-corrected chi connectivity index (χ4v) is 5.72. The lowest BCUT2D eigenvalue weighted by atomic mass is 9.95. The fourth-order valence-electron chi connectivity index (χ4n) is 5.72. The Morgan fingerprint density at radius 3 is 2.94 bits per heavy atom. The van der Waals surface area contributed by atoms with Crippen LogP contribution in [0.15, 0.2) is 42.7 Å². The summed E-state index contributed by atoms with van der Waals surface area (Å²) in [6, 6.07) is 12.0. The third-order valence-electron chi connectivity index (χ3n) is 7.25. The quantitative estimate of drug-likeness (QED) is 0.542. The van der Waals surface area contributed by atoms with Gasteiger partial charge < -0.3 is 9.30 Å². The SMILES string of the molecule is CCOC(=O)CC(Cn1c2c(c3cc(C)ccc31)C1CCC(C2)N1C)c1cccnc1. The van der Waals surface area contributed by atoms with Gasteiger partial charge >= 0.3 is 5.97 Å². The number of rotatable bonds is 6. The molecule has 0 saturated carbocycles. The molecule has 0 amide bonds. The van der Waals surface area contributed by atoms with Crippen LogP contribution in [0.5, 0.6) is 0 Å². The second-order valence-corrected chi connectivity index (χ2v) is 9.10. The molecule has 2 bridgehead atoms. The Morgan fingerprint density at radius 1 is 1.29 bits per heavy atom. The van der Waals surface area contributed by atoms with Crippen molar-refractivity contribution >= 4 is 16.9 Å². The molecule has 2 aliphatic heterocycles. The maximum Gasteiger partial charge on any atom is 0.306 e. The van der Waals surface area contributed by atoms with Gasteiger partial charge in [0.2, 0.25) is 0 Å². The van der Waals surface area contributed by atoms with Crippen molar-refractivity contribution in [3.8, 4) is 0 Å². The van der Waals surface area contributed by atoms with Crippen molar-refractivity contribution in [1.29, 1.82) is 0 Å². The van der Waals surface area contributed by atoms with Gasteiger partial charge in [0.1, 0.15) is 0 Å². The van der Waals surface area contributed by atoms with Gasteiger partial charge in [-0.2, -0.15) is 0 Å². The van der Waals surface area contributed by atoms with Crippen LogP contribution in [0.2, 0.25) is 0 Å². The van der Waals surface area contributed by atoms with E-state index in [4.69, 9.17) is 4.74 Å². The number of esters is 1. The Kier molecular flexibility index (Phi) is 5.30. The molecule has 1 saturated heterocycles. The van der Waals surface area contributed by atoms with Crippen LogP contribution in [0.25, 0.3) is 10.9 Å². The number of likely N-dealkylation sites (N-methyl/N-ethyl adjacent to an activating group) is 1. The number of fused-ring (bicyclic) bond motifs is 6. The summed E-state index contributed by atoms with van der Waals surface area (Å²) in [6.45, 7) is 5.21. The number of hydrogen-bond donors (Lipinski definition) is 0. The van der Waals surface area contributed by atoms with Crippen LogP contribution >= 0.6 is 0 Å². The normalized spacial score (nSPS) is 21.3. The predicted molar refractivity (Wildman–Crippen MR) is 122 cm³/mol. The zero-order valence-electron chi connectivity index (χ0n) is 18.7. The second kappa shape index (κ2) is 8.12. The molecular formula is C26H31N3O2. The first-order chi connectivity index (χ1) is 15.1. The predicted octanol–water partition coefficient (Wildman–Crippen LogP) is 4.77. The van der Waals surface area contributed by atoms with E-state index >= 15 is 0 Å². The number of benzene rings is 1. The van der Waals surface area contributed by atoms with E-state index in [1.54, 1.807) is 6.20 Å². The molecule has 3 aromatic rings. The topological polar surface area (TPSA) is 47.4 Å². The van der Waals surface area contributed by atoms with Crippen LogP contribution in [0, 0.1) is 6.92 Å². The molecule has 2 aromatic heterocycles. The molecule has 5 nitrogen and oxygen atoms in total. The van der Waals surface area contributed by atoms with Crippen molar-refractivity contribution in [2.45, 2.75) is 64.1 Å². The zero-order valence-corrected chi connectivity index (χ0v) is 18.7. The van der Waals surface area contributed by atoms with E-state index in [2.05, 4.69) is 52.7 Å². The van der Waals surface area contributed by atoms with Crippen molar-refractivity contribution < 1.29 is 9.53 Å². The minimum absolute atomic E-state index is 0.0334. The van der Waals surface area contributed by atoms with Gasteiger partial charge in [0, 0.05) is 60.0 Å². The van der Waals surface area contributed by atoms with E-state index in [0.29, 0.717) is 25.1 Å². The highest BCUT2D eigenvalue weighted by atomic mass is 16.5. The maximum atomic E-state index is 12.5. The van der Waals surface area contributed by atoms with Crippen molar-refractivity contribution in [3.05, 3.63) is 65.1 Å². The first-order valence-electron chi connectivity index (χ1n) is 11.5. The number of aromatic nitrogens is 2. The van der Waals surface area contributed by atoms with Gasteiger partial charge in [-0.3, -0.25) is 14.7 Å². The highest BCUT2D eigenvalue weighted by molar-refractivity contribution is 5.87. The van der Waals surface area contributed by atoms with E-state index in [-0.39, 0.29) is 11.9 Å². The summed E-state index contributed by atoms with van der Waals surface area (Å²) >= 11 is 0. The molecule has 2 aliphatic rings. The molecule has 0 aliphatic carbocycles. The fraction of sp³-hybridized carbons (Fsp3) is 0.462. The van der Waals surface area contributed by atoms with Crippen molar-refractivity contribution in [2.24, 2.45) is 0 Å². The first kappa shape index (κ1) is 20.3. The average molecular weight is 418 g/mol. The lowest BCUT2D eigenvalue weighted by Crippen LogP contribution is -2.35. The van der Waals surface area contributed by atoms with Crippen molar-refractivity contribution in [1.82, 2.24) is 14.5 Å². The molecule has 0 radical (unpaired) electrons. The van der Waals surface area contributed by atoms with E-state index in [0.717, 1.165) is 18.5 Å². The number of pyridine rings is 1. The van der Waals surface area contributed by atoms with Gasteiger partial charge in [-0.15, -0.1) is 0 Å². The van der Waals surface area contributed by atoms with Gasteiger partial charge in [0.05, 0.1) is 13.0 Å². The third-order valence-corrected chi connectivity index (χ3v) is 7.25. The number of nitrogens with zero attached hydrogens (tertiary/aromatic N) is 3. The smallest absolute Gasteiger partial charge is 0.306 e. The van der Waals surface area contributed by atoms with Crippen molar-refractivity contribution in [2.75, 3.05) is 13.7 Å². The minimum atomic E-state index is -0.141. The van der Waals surface area contributed by atoms with E-state index in [1.165, 1.54) is 40.6 Å². The maximum absolute atomic E-state index is 12.5. The lowest BCUT2D eigenvalue weighted by molar-refractivity contribution is -0.143. The van der Waals surface area contributed by atoms with Gasteiger partial charge in [0.25, 0.3) is 0 Å². The highest BCUT2D eigenvalue weighted by Gasteiger charge is 2.41. The standard InChI is InChI=1S/C26H31N3O2/c1-4-31-25(30)13-19(18-6-5-11-27-15-18)16-29-22-9-7-17(2)12-21(22)26-23-10-8-20(28(23)3)14-24(26)29/h5-7,9,11-12,15,19-20,23H,4,8,10,13-14,16H2,1-3H3. The molecular weight excluding hydrogens is 386 g/mol. The Morgan fingerprint density at radius 2 is 2.16 bits per heavy atom. The summed E-state index contributed by atoms with van der Waals surface area (Å²) < 4.78 is 7.81. The van der Waals surface area contributed by atoms with Gasteiger partial charge in [0.15, 0.2) is 0 Å². The summed E-state index contributed by atoms with van der Waals surface area (Å²) in [5.74, 6) is -0.108. The van der Waals surface area contributed by atoms with Crippen molar-refractivity contribution in [3.63, 3.8) is 0 Å². The second-order valence-electron chi connectivity index (χ2n) is 9.10. The molecule has 31 heavy (non-hydrogen) atoms. The first-order valence-corrected chi connectivity index (χ1v) is 11.5. The average Bonchev–Trinajstić information content (AvgIpc) is 3.17. The van der Waals surface area contributed by atoms with E-state index < -0.39 is 0 Å². The van der Waals surface area contributed by atoms with Crippen LogP contribution in [0.1, 0.15) is 60.5 Å². The summed E-state index contributed by atoms with van der Waals surface area (Å²) in [5, 5.41) is 1.38. The third kappa shape index (κ3) is 3.55. The molecule has 0 spiro atoms. The minimum Gasteiger partial charge on any atom is -0.466 e. The van der Waals surface area contributed by atoms with Gasteiger partial charge in [-0.1, -0.05) is 17.7 Å². The Balaban J connectivity index is 1.61. The molecule has 1 aromatic carbocycles. The summed E-state index contributed by atoms with van der Waals surface area (Å²) in [4.78, 5) is 19.4. The Bertz CT molecular complexity index is 1100. The zero-order chi connectivity index (χ0) is 21.5. The molecule has 3 atom stereocenters. The molecule has 3 unspecified atom stereocenters. The summed E-state index contributed by atoms with van der Waals surface area (Å²) in [5.41, 5.74) is 6.65. The van der Waals surface area contributed by atoms with Gasteiger partial charge in [-0.25, -0.2) is 0 Å². The molecule has 162 valence electrons. The Labute approximate surface area is 184 Å². The molecule has 0 N–H and O–H groups in total. The lowest BCUT2D eigenvalue weighted by Gasteiger charge is -2.33. The number of ether oxygens (including phenoxy) is 1. The molecule has 1 fully saturated rings. The molecule has 5 rings (SSSR count). The van der Waals surface area contributed by atoms with Crippen LogP contribution < -0.4 is 0 Å². The number of hydrogen-bond acceptors (Lipinski definition) is 4. The van der Waals surface area contributed by atoms with Crippen LogP contribution in [0.3, 0.4) is 0 Å². The van der Waals surface area contributed by atoms with E-state index in [1.807, 2.05) is 19.2 Å². The molecule has 4 heterocycles. The number of aryl methyl sites for hydroxylation is 1. The van der Waals surface area contributed by atoms with Gasteiger partial charge in [-0.05, 0) is 63.1 Å². The van der Waals surface area contributed by atoms with Crippen LogP contribution in [-0.4, -0.2) is 40.1 Å². The monoisotopic (exact) mass is 417 g/mol. The summed E-state index contributed by atoms with van der Waals surface area (Å²) in [6.07, 6.45) is 7.62. The molecule has 5 heteroatoms. The van der Waals surface area contributed by atoms with Crippen LogP contribution in [0.4, 0.5) is 0 Å².